The average Bonchev–Trinajstić information content (AvgIpc) is 1.95. The maximum Gasteiger partial charge on any atom is 0.306 e. The van der Waals surface area contributed by atoms with E-state index in [1.54, 1.807) is 0 Å². The summed E-state index contributed by atoms with van der Waals surface area (Å²) in [5.74, 6) is 0. The molecule has 7 heteroatoms. The number of rotatable bonds is 0. The lowest BCUT2D eigenvalue weighted by molar-refractivity contribution is 0.0180. The van der Waals surface area contributed by atoms with Crippen LogP contribution in [0.1, 0.15) is 0 Å². The third-order valence-electron chi connectivity index (χ3n) is 1.00. The number of hydrogen-bond donors (Lipinski definition) is 0. The summed E-state index contributed by atoms with van der Waals surface area (Å²) in [5, 5.41) is 0. The van der Waals surface area contributed by atoms with Crippen LogP contribution in [0.4, 0.5) is 13.2 Å². The Balaban J connectivity index is 2.93. The van der Waals surface area contributed by atoms with Gasteiger partial charge in [0, 0.05) is 0 Å². The quantitative estimate of drug-likeness (QED) is 0.498. The van der Waals surface area contributed by atoms with Gasteiger partial charge in [0.05, 0.1) is 0 Å². The predicted molar refractivity (Wildman–Crippen MR) is 24.7 cm³/mol. The van der Waals surface area contributed by atoms with Crippen molar-refractivity contribution in [3.05, 3.63) is 0 Å². The Morgan fingerprint density at radius 2 is 1.70 bits per heavy atom. The van der Waals surface area contributed by atoms with Gasteiger partial charge in [0.25, 0.3) is 11.9 Å². The smallest absolute Gasteiger partial charge is 0.237 e. The largest absolute Gasteiger partial charge is 0.306 e. The summed E-state index contributed by atoms with van der Waals surface area (Å²) < 4.78 is 59.4. The van der Waals surface area contributed by atoms with E-state index < -0.39 is 28.2 Å². The third-order valence-corrected chi connectivity index (χ3v) is 2.27. The highest BCUT2D eigenvalue weighted by atomic mass is 32.2. The molecule has 1 heterocycles. The van der Waals surface area contributed by atoms with Gasteiger partial charge in [-0.2, -0.15) is 8.42 Å². The zero-order valence-corrected chi connectivity index (χ0v) is 5.32. The van der Waals surface area contributed by atoms with E-state index in [1.807, 2.05) is 0 Å². The summed E-state index contributed by atoms with van der Waals surface area (Å²) in [5.41, 5.74) is -2.89. The van der Waals surface area contributed by atoms with Crippen LogP contribution >= 0.6 is 0 Å². The molecule has 0 aromatic carbocycles. The van der Waals surface area contributed by atoms with Gasteiger partial charge >= 0.3 is 10.1 Å². The summed E-state index contributed by atoms with van der Waals surface area (Å²) in [6.07, 6.45) is -5.41. The van der Waals surface area contributed by atoms with E-state index in [0.29, 0.717) is 0 Å². The van der Waals surface area contributed by atoms with Crippen molar-refractivity contribution in [3.8, 4) is 0 Å². The number of halogens is 3. The molecule has 1 rings (SSSR count). The minimum Gasteiger partial charge on any atom is -0.237 e. The van der Waals surface area contributed by atoms with Crippen molar-refractivity contribution >= 4 is 10.1 Å². The minimum atomic E-state index is -4.64. The van der Waals surface area contributed by atoms with Crippen LogP contribution in [0, 0.1) is 0 Å². The molecule has 3 nitrogen and oxygen atoms in total. The van der Waals surface area contributed by atoms with Gasteiger partial charge in [0.2, 0.25) is 6.17 Å². The lowest BCUT2D eigenvalue weighted by atomic mass is 10.4. The molecule has 0 saturated carbocycles. The molecule has 0 N–H and O–H groups in total. The van der Waals surface area contributed by atoms with E-state index in [0.717, 1.165) is 0 Å². The second-order valence-electron chi connectivity index (χ2n) is 1.74. The SMILES string of the molecule is O=S1(=O)OC(F)C(F)C1F. The Morgan fingerprint density at radius 3 is 1.80 bits per heavy atom. The van der Waals surface area contributed by atoms with Gasteiger partial charge in [0.1, 0.15) is 0 Å². The molecule has 0 spiro atoms. The van der Waals surface area contributed by atoms with Gasteiger partial charge in [-0.25, -0.2) is 17.4 Å². The molecule has 1 aliphatic rings. The van der Waals surface area contributed by atoms with Crippen molar-refractivity contribution in [1.29, 1.82) is 0 Å². The summed E-state index contributed by atoms with van der Waals surface area (Å²) in [6, 6.07) is 0. The normalized spacial score (nSPS) is 45.7. The van der Waals surface area contributed by atoms with E-state index >= 15 is 0 Å². The standard InChI is InChI=1S/C3H3F3O3S/c4-1-2(5)9-10(7,8)3(1)6/h1-3H. The van der Waals surface area contributed by atoms with Crippen LogP contribution in [0.2, 0.25) is 0 Å². The molecule has 10 heavy (non-hydrogen) atoms. The van der Waals surface area contributed by atoms with Crippen LogP contribution < -0.4 is 0 Å². The van der Waals surface area contributed by atoms with Crippen molar-refractivity contribution < 1.29 is 25.8 Å². The minimum absolute atomic E-state index is 2.69. The summed E-state index contributed by atoms with van der Waals surface area (Å²) in [6.45, 7) is 0. The van der Waals surface area contributed by atoms with Crippen LogP contribution in [-0.4, -0.2) is 26.5 Å². The van der Waals surface area contributed by atoms with Crippen LogP contribution in [0.25, 0.3) is 0 Å². The highest BCUT2D eigenvalue weighted by Gasteiger charge is 2.50. The summed E-state index contributed by atoms with van der Waals surface area (Å²) in [7, 11) is -4.64. The molecule has 0 aromatic rings. The lowest BCUT2D eigenvalue weighted by Gasteiger charge is -1.95. The monoisotopic (exact) mass is 176 g/mol. The van der Waals surface area contributed by atoms with Crippen molar-refractivity contribution in [2.45, 2.75) is 18.0 Å². The molecular weight excluding hydrogens is 173 g/mol. The van der Waals surface area contributed by atoms with Crippen molar-refractivity contribution in [1.82, 2.24) is 0 Å². The van der Waals surface area contributed by atoms with Gasteiger partial charge in [-0.3, -0.25) is 0 Å². The van der Waals surface area contributed by atoms with E-state index in [-0.39, 0.29) is 0 Å². The van der Waals surface area contributed by atoms with Gasteiger partial charge in [0.15, 0.2) is 0 Å². The number of hydrogen-bond acceptors (Lipinski definition) is 3. The van der Waals surface area contributed by atoms with Gasteiger partial charge in [-0.1, -0.05) is 0 Å². The molecule has 0 amide bonds. The van der Waals surface area contributed by atoms with Crippen molar-refractivity contribution in [2.75, 3.05) is 0 Å². The maximum atomic E-state index is 12.0. The molecular formula is C3H3F3O3S. The van der Waals surface area contributed by atoms with E-state index in [9.17, 15) is 21.6 Å². The molecule has 0 bridgehead atoms. The first kappa shape index (κ1) is 7.80. The van der Waals surface area contributed by atoms with Gasteiger partial charge in [-0.05, 0) is 0 Å². The van der Waals surface area contributed by atoms with Crippen LogP contribution in [0.15, 0.2) is 0 Å². The summed E-state index contributed by atoms with van der Waals surface area (Å²) in [4.78, 5) is 0. The Morgan fingerprint density at radius 1 is 1.20 bits per heavy atom. The topological polar surface area (TPSA) is 43.4 Å². The van der Waals surface area contributed by atoms with Crippen LogP contribution in [0.3, 0.4) is 0 Å². The Hall–Kier alpha value is -0.300. The first-order chi connectivity index (χ1) is 4.45. The molecule has 1 aliphatic heterocycles. The van der Waals surface area contributed by atoms with Crippen LogP contribution in [0.5, 0.6) is 0 Å². The molecule has 0 radical (unpaired) electrons. The van der Waals surface area contributed by atoms with E-state index in [4.69, 9.17) is 0 Å². The lowest BCUT2D eigenvalue weighted by Crippen LogP contribution is -2.20. The molecule has 0 aliphatic carbocycles. The Kier molecular flexibility index (Phi) is 1.63. The third kappa shape index (κ3) is 0.988. The molecule has 1 fully saturated rings. The predicted octanol–water partition coefficient (Wildman–Crippen LogP) is 0.276. The van der Waals surface area contributed by atoms with Crippen molar-refractivity contribution in [2.24, 2.45) is 0 Å². The molecule has 0 aromatic heterocycles. The highest BCUT2D eigenvalue weighted by molar-refractivity contribution is 7.87. The highest BCUT2D eigenvalue weighted by Crippen LogP contribution is 2.28. The second-order valence-corrected chi connectivity index (χ2v) is 3.36. The Bertz CT molecular complexity index is 225. The molecule has 60 valence electrons. The maximum absolute atomic E-state index is 12.0. The van der Waals surface area contributed by atoms with Crippen LogP contribution in [-0.2, 0) is 14.3 Å². The zero-order valence-electron chi connectivity index (χ0n) is 4.50. The fourth-order valence-corrected chi connectivity index (χ4v) is 1.42. The Labute approximate surface area is 54.9 Å². The first-order valence-electron chi connectivity index (χ1n) is 2.29. The molecule has 1 saturated heterocycles. The van der Waals surface area contributed by atoms with Gasteiger partial charge in [-0.15, -0.1) is 0 Å². The number of alkyl halides is 3. The molecule has 3 unspecified atom stereocenters. The van der Waals surface area contributed by atoms with E-state index in [1.165, 1.54) is 0 Å². The summed E-state index contributed by atoms with van der Waals surface area (Å²) >= 11 is 0. The average molecular weight is 176 g/mol. The zero-order chi connectivity index (χ0) is 7.94. The van der Waals surface area contributed by atoms with E-state index in [2.05, 4.69) is 4.18 Å². The second kappa shape index (κ2) is 2.09. The first-order valence-corrected chi connectivity index (χ1v) is 3.76. The molecule has 3 atom stereocenters. The van der Waals surface area contributed by atoms with Crippen molar-refractivity contribution in [3.63, 3.8) is 0 Å². The fraction of sp³-hybridized carbons (Fsp3) is 1.00. The fourth-order valence-electron chi connectivity index (χ4n) is 0.512. The van der Waals surface area contributed by atoms with Gasteiger partial charge < -0.3 is 0 Å².